The van der Waals surface area contributed by atoms with Crippen LogP contribution in [-0.4, -0.2) is 0 Å². The van der Waals surface area contributed by atoms with Crippen LogP contribution in [0.15, 0.2) is 0 Å². The molecular formula is Br5Cu. The molecule has 0 aliphatic rings. The van der Waals surface area contributed by atoms with E-state index in [1.54, 1.807) is 0 Å². The molecule has 0 aromatic carbocycles. The SMILES string of the molecule is [Br][Cu]([Br])([Br])([Br])[Br]. The van der Waals surface area contributed by atoms with E-state index in [9.17, 15) is 0 Å². The van der Waals surface area contributed by atoms with Crippen LogP contribution >= 0.6 is 70.6 Å². The summed E-state index contributed by atoms with van der Waals surface area (Å²) in [5.41, 5.74) is 0. The predicted octanol–water partition coefficient (Wildman–Crippen LogP) is 4.23. The van der Waals surface area contributed by atoms with Crippen LogP contribution in [0.4, 0.5) is 0 Å². The number of rotatable bonds is 0. The van der Waals surface area contributed by atoms with Gasteiger partial charge < -0.3 is 0 Å². The van der Waals surface area contributed by atoms with Crippen LogP contribution in [0.5, 0.6) is 0 Å². The third-order valence-electron chi connectivity index (χ3n) is 0. The van der Waals surface area contributed by atoms with E-state index in [1.165, 1.54) is 0 Å². The molecule has 0 aliphatic heterocycles. The molecule has 0 saturated heterocycles. The van der Waals surface area contributed by atoms with Crippen LogP contribution in [0.2, 0.25) is 0 Å². The van der Waals surface area contributed by atoms with Crippen molar-refractivity contribution in [3.8, 4) is 0 Å². The number of halogens is 5. The zero-order valence-electron chi connectivity index (χ0n) is 2.19. The summed E-state index contributed by atoms with van der Waals surface area (Å²) < 4.78 is -1.75. The van der Waals surface area contributed by atoms with Crippen molar-refractivity contribution >= 4 is 70.6 Å². The van der Waals surface area contributed by atoms with E-state index in [4.69, 9.17) is 0 Å². The molecule has 0 atom stereocenters. The predicted molar refractivity (Wildman–Crippen MR) is 44.6 cm³/mol. The Hall–Kier alpha value is 2.92. The van der Waals surface area contributed by atoms with Crippen molar-refractivity contribution in [2.24, 2.45) is 0 Å². The molecule has 46 valence electrons. The summed E-state index contributed by atoms with van der Waals surface area (Å²) in [6.45, 7) is 0. The third kappa shape index (κ3) is 28.4. The van der Waals surface area contributed by atoms with E-state index >= 15 is 0 Å². The second-order valence-electron chi connectivity index (χ2n) is 0.431. The van der Waals surface area contributed by atoms with E-state index in [1.807, 2.05) is 0 Å². The second kappa shape index (κ2) is 2.27. The third-order valence-corrected chi connectivity index (χ3v) is 0. The molecule has 0 heterocycles. The number of hydrogen-bond donors (Lipinski definition) is 0. The van der Waals surface area contributed by atoms with E-state index in [-0.39, 0.29) is 0 Å². The Kier molecular flexibility index (Phi) is 3.38. The summed E-state index contributed by atoms with van der Waals surface area (Å²) in [4.78, 5) is 0. The maximum absolute atomic E-state index is 3.25. The van der Waals surface area contributed by atoms with Crippen LogP contribution in [0.1, 0.15) is 0 Å². The van der Waals surface area contributed by atoms with E-state index in [2.05, 4.69) is 70.6 Å². The molecule has 0 N–H and O–H groups in total. The zero-order chi connectivity index (χ0) is 5.45. The van der Waals surface area contributed by atoms with Crippen molar-refractivity contribution in [3.63, 3.8) is 0 Å². The first-order valence-electron chi connectivity index (χ1n) is 0.570. The molecule has 0 saturated carbocycles. The van der Waals surface area contributed by atoms with Crippen LogP contribution in [0.25, 0.3) is 0 Å². The molecular weight excluding hydrogens is 463 g/mol. The molecule has 0 amide bonds. The summed E-state index contributed by atoms with van der Waals surface area (Å²) in [5.74, 6) is 0. The summed E-state index contributed by atoms with van der Waals surface area (Å²) in [6.07, 6.45) is 0. The fraction of sp³-hybridized carbons (Fsp3) is 0. The molecule has 0 unspecified atom stereocenters. The monoisotopic (exact) mass is 458 g/mol. The molecule has 6 heteroatoms. The minimum atomic E-state index is -1.75. The van der Waals surface area contributed by atoms with Crippen LogP contribution in [-0.2, 0) is 2.75 Å². The van der Waals surface area contributed by atoms with Crippen molar-refractivity contribution in [1.29, 1.82) is 0 Å². The van der Waals surface area contributed by atoms with Gasteiger partial charge in [-0.3, -0.25) is 0 Å². The molecule has 0 aromatic rings. The Morgan fingerprint density at radius 3 is 0.667 bits per heavy atom. The molecule has 6 heavy (non-hydrogen) atoms. The van der Waals surface area contributed by atoms with Crippen molar-refractivity contribution in [2.45, 2.75) is 0 Å². The van der Waals surface area contributed by atoms with Gasteiger partial charge in [-0.15, -0.1) is 0 Å². The van der Waals surface area contributed by atoms with Gasteiger partial charge in [-0.05, 0) is 0 Å². The molecule has 0 radical (unpaired) electrons. The Bertz CT molecular complexity index is 37.1. The van der Waals surface area contributed by atoms with Crippen molar-refractivity contribution < 1.29 is 2.75 Å². The van der Waals surface area contributed by atoms with Gasteiger partial charge in [-0.2, -0.15) is 0 Å². The molecule has 0 aromatic heterocycles. The Morgan fingerprint density at radius 1 is 0.667 bits per heavy atom. The van der Waals surface area contributed by atoms with Gasteiger partial charge in [0.05, 0.1) is 0 Å². The van der Waals surface area contributed by atoms with Gasteiger partial charge in [-0.1, -0.05) is 0 Å². The topological polar surface area (TPSA) is 0 Å². The Labute approximate surface area is 71.9 Å². The maximum atomic E-state index is 3.25. The fourth-order valence-electron chi connectivity index (χ4n) is 0. The Balaban J connectivity index is 3.73. The normalized spacial score (nSPS) is 19.2. The summed E-state index contributed by atoms with van der Waals surface area (Å²) in [6, 6.07) is 0. The summed E-state index contributed by atoms with van der Waals surface area (Å²) in [5, 5.41) is 0. The van der Waals surface area contributed by atoms with E-state index in [0.717, 1.165) is 0 Å². The zero-order valence-corrected chi connectivity index (χ0v) is 11.1. The molecule has 0 aliphatic carbocycles. The molecule has 0 fully saturated rings. The number of hydrogen-bond acceptors (Lipinski definition) is 0. The van der Waals surface area contributed by atoms with Gasteiger partial charge in [0, 0.05) is 0 Å². The van der Waals surface area contributed by atoms with Crippen molar-refractivity contribution in [3.05, 3.63) is 0 Å². The fourth-order valence-corrected chi connectivity index (χ4v) is 0. The van der Waals surface area contributed by atoms with Crippen LogP contribution in [0, 0.1) is 0 Å². The van der Waals surface area contributed by atoms with Crippen LogP contribution in [0.3, 0.4) is 0 Å². The molecule has 0 bridgehead atoms. The van der Waals surface area contributed by atoms with Crippen LogP contribution < -0.4 is 0 Å². The van der Waals surface area contributed by atoms with E-state index in [0.29, 0.717) is 0 Å². The summed E-state index contributed by atoms with van der Waals surface area (Å²) in [7, 11) is 0. The average Bonchev–Trinajstić information content (AvgIpc) is 0.650. The van der Waals surface area contributed by atoms with Crippen molar-refractivity contribution in [1.82, 2.24) is 0 Å². The first-order chi connectivity index (χ1) is 2.24. The van der Waals surface area contributed by atoms with Gasteiger partial charge in [0.15, 0.2) is 0 Å². The summed E-state index contributed by atoms with van der Waals surface area (Å²) >= 11 is 16.2. The Morgan fingerprint density at radius 2 is 0.667 bits per heavy atom. The average molecular weight is 463 g/mol. The van der Waals surface area contributed by atoms with E-state index < -0.39 is 2.75 Å². The van der Waals surface area contributed by atoms with Gasteiger partial charge in [0.25, 0.3) is 0 Å². The first kappa shape index (κ1) is 8.92. The molecule has 0 nitrogen and oxygen atoms in total. The van der Waals surface area contributed by atoms with Crippen molar-refractivity contribution in [2.75, 3.05) is 0 Å². The van der Waals surface area contributed by atoms with Gasteiger partial charge in [0.2, 0.25) is 0 Å². The molecule has 0 spiro atoms. The van der Waals surface area contributed by atoms with Gasteiger partial charge in [0.1, 0.15) is 0 Å². The second-order valence-corrected chi connectivity index (χ2v) is 48.0. The van der Waals surface area contributed by atoms with Gasteiger partial charge in [-0.25, -0.2) is 0 Å². The first-order valence-corrected chi connectivity index (χ1v) is 12.2. The quantitative estimate of drug-likeness (QED) is 0.473. The van der Waals surface area contributed by atoms with Gasteiger partial charge >= 0.3 is 73.3 Å². The molecule has 0 rings (SSSR count). The standard InChI is InChI=1S/5BrH.Cu/h5*1H;/q;;;;;+5/p-5. The minimum absolute atomic E-state index is 1.75.